The smallest absolute Gasteiger partial charge is 0.255 e. The average molecular weight is 411 g/mol. The lowest BCUT2D eigenvalue weighted by atomic mass is 10.1. The minimum Gasteiger partial charge on any atom is -0.378 e. The first-order chi connectivity index (χ1) is 12.3. The number of aromatic nitrogens is 1. The van der Waals surface area contributed by atoms with Crippen LogP contribution in [0.3, 0.4) is 0 Å². The Morgan fingerprint density at radius 2 is 1.93 bits per heavy atom. The molecule has 27 heavy (non-hydrogen) atoms. The highest BCUT2D eigenvalue weighted by Crippen LogP contribution is 2.19. The van der Waals surface area contributed by atoms with E-state index in [4.69, 9.17) is 4.74 Å². The zero-order chi connectivity index (χ0) is 17.1. The van der Waals surface area contributed by atoms with Gasteiger partial charge in [0.15, 0.2) is 0 Å². The number of ether oxygens (including phenoxy) is 1. The van der Waals surface area contributed by atoms with Crippen LogP contribution in [0.15, 0.2) is 36.5 Å². The lowest BCUT2D eigenvalue weighted by Gasteiger charge is -2.29. The molecule has 0 radical (unpaired) electrons. The molecule has 1 saturated heterocycles. The van der Waals surface area contributed by atoms with Gasteiger partial charge in [-0.25, -0.2) is 4.98 Å². The lowest BCUT2D eigenvalue weighted by Crippen LogP contribution is -2.38. The standard InChI is InChI=1S/C19H22N4O2.2ClH/c24-19(22-11-14-3-4-15-12-20-13-16(15)10-14)17-2-1-5-21-18(17)23-6-8-25-9-7-23;;/h1-5,10,20H,6-9,11-13H2,(H,22,24);2*1H. The van der Waals surface area contributed by atoms with Gasteiger partial charge in [0.2, 0.25) is 0 Å². The van der Waals surface area contributed by atoms with Crippen LogP contribution >= 0.6 is 24.8 Å². The number of hydrogen-bond donors (Lipinski definition) is 2. The van der Waals surface area contributed by atoms with Crippen molar-refractivity contribution < 1.29 is 9.53 Å². The fourth-order valence-corrected chi connectivity index (χ4v) is 3.34. The average Bonchev–Trinajstić information content (AvgIpc) is 3.14. The Hall–Kier alpha value is -1.86. The Kier molecular flexibility index (Phi) is 7.86. The molecule has 3 heterocycles. The second-order valence-electron chi connectivity index (χ2n) is 6.36. The molecule has 2 aliphatic rings. The van der Waals surface area contributed by atoms with Crippen LogP contribution in [0.25, 0.3) is 0 Å². The van der Waals surface area contributed by atoms with Crippen molar-refractivity contribution in [1.29, 1.82) is 0 Å². The molecular formula is C19H24Cl2N4O2. The van der Waals surface area contributed by atoms with E-state index in [9.17, 15) is 4.79 Å². The van der Waals surface area contributed by atoms with E-state index in [2.05, 4.69) is 38.7 Å². The van der Waals surface area contributed by atoms with Crippen LogP contribution in [-0.4, -0.2) is 37.2 Å². The van der Waals surface area contributed by atoms with Gasteiger partial charge in [-0.1, -0.05) is 18.2 Å². The number of benzene rings is 1. The molecule has 4 rings (SSSR count). The summed E-state index contributed by atoms with van der Waals surface area (Å²) in [5.41, 5.74) is 4.40. The van der Waals surface area contributed by atoms with Gasteiger partial charge >= 0.3 is 0 Å². The molecule has 0 atom stereocenters. The first-order valence-corrected chi connectivity index (χ1v) is 8.68. The SMILES string of the molecule is Cl.Cl.O=C(NCc1ccc2c(c1)CNC2)c1cccnc1N1CCOCC1. The second-order valence-corrected chi connectivity index (χ2v) is 6.36. The molecule has 6 nitrogen and oxygen atoms in total. The van der Waals surface area contributed by atoms with Crippen molar-refractivity contribution in [3.8, 4) is 0 Å². The highest BCUT2D eigenvalue weighted by atomic mass is 35.5. The van der Waals surface area contributed by atoms with Crippen molar-refractivity contribution in [2.75, 3.05) is 31.2 Å². The van der Waals surface area contributed by atoms with Crippen molar-refractivity contribution in [1.82, 2.24) is 15.6 Å². The fraction of sp³-hybridized carbons (Fsp3) is 0.368. The number of nitrogens with one attached hydrogen (secondary N) is 2. The van der Waals surface area contributed by atoms with Crippen LogP contribution < -0.4 is 15.5 Å². The molecule has 0 aliphatic carbocycles. The number of anilines is 1. The Morgan fingerprint density at radius 1 is 1.15 bits per heavy atom. The summed E-state index contributed by atoms with van der Waals surface area (Å²) >= 11 is 0. The molecule has 1 aromatic carbocycles. The van der Waals surface area contributed by atoms with Gasteiger partial charge < -0.3 is 20.3 Å². The third kappa shape index (κ3) is 4.90. The monoisotopic (exact) mass is 410 g/mol. The summed E-state index contributed by atoms with van der Waals surface area (Å²) < 4.78 is 5.39. The van der Waals surface area contributed by atoms with E-state index in [1.54, 1.807) is 12.3 Å². The maximum atomic E-state index is 12.7. The first-order valence-electron chi connectivity index (χ1n) is 8.68. The molecule has 146 valence electrons. The van der Waals surface area contributed by atoms with Gasteiger partial charge in [0.25, 0.3) is 5.91 Å². The largest absolute Gasteiger partial charge is 0.378 e. The quantitative estimate of drug-likeness (QED) is 0.809. The number of carbonyl (C=O) groups excluding carboxylic acids is 1. The third-order valence-corrected chi connectivity index (χ3v) is 4.70. The summed E-state index contributed by atoms with van der Waals surface area (Å²) in [5.74, 6) is 0.648. The number of fused-ring (bicyclic) bond motifs is 1. The highest BCUT2D eigenvalue weighted by Gasteiger charge is 2.19. The normalized spacial score (nSPS) is 15.3. The van der Waals surface area contributed by atoms with E-state index in [-0.39, 0.29) is 30.7 Å². The van der Waals surface area contributed by atoms with Gasteiger partial charge in [0.05, 0.1) is 18.8 Å². The van der Waals surface area contributed by atoms with Crippen molar-refractivity contribution in [3.05, 3.63) is 58.8 Å². The Balaban J connectivity index is 0.00000131. The molecule has 0 bridgehead atoms. The molecule has 2 N–H and O–H groups in total. The number of amides is 1. The van der Waals surface area contributed by atoms with E-state index in [1.807, 2.05) is 6.07 Å². The van der Waals surface area contributed by atoms with Crippen LogP contribution in [-0.2, 0) is 24.4 Å². The molecular weight excluding hydrogens is 387 g/mol. The van der Waals surface area contributed by atoms with Crippen molar-refractivity contribution in [2.24, 2.45) is 0 Å². The zero-order valence-corrected chi connectivity index (χ0v) is 16.6. The molecule has 0 spiro atoms. The van der Waals surface area contributed by atoms with Crippen molar-refractivity contribution in [3.63, 3.8) is 0 Å². The minimum atomic E-state index is -0.0896. The maximum absolute atomic E-state index is 12.7. The lowest BCUT2D eigenvalue weighted by molar-refractivity contribution is 0.0949. The number of carbonyl (C=O) groups is 1. The van der Waals surface area contributed by atoms with Gasteiger partial charge in [-0.15, -0.1) is 24.8 Å². The van der Waals surface area contributed by atoms with E-state index in [0.717, 1.165) is 37.6 Å². The topological polar surface area (TPSA) is 66.5 Å². The number of nitrogens with zero attached hydrogens (tertiary/aromatic N) is 2. The Labute approximate surface area is 171 Å². The minimum absolute atomic E-state index is 0. The van der Waals surface area contributed by atoms with Gasteiger partial charge in [-0.05, 0) is 28.8 Å². The predicted molar refractivity (Wildman–Crippen MR) is 110 cm³/mol. The summed E-state index contributed by atoms with van der Waals surface area (Å²) in [5, 5.41) is 6.37. The summed E-state index contributed by atoms with van der Waals surface area (Å²) in [6, 6.07) is 10.0. The Bertz CT molecular complexity index is 782. The molecule has 0 unspecified atom stereocenters. The fourth-order valence-electron chi connectivity index (χ4n) is 3.34. The van der Waals surface area contributed by atoms with Crippen LogP contribution in [0.5, 0.6) is 0 Å². The molecule has 2 aromatic rings. The number of hydrogen-bond acceptors (Lipinski definition) is 5. The van der Waals surface area contributed by atoms with Gasteiger partial charge in [0, 0.05) is 38.9 Å². The van der Waals surface area contributed by atoms with E-state index in [1.165, 1.54) is 11.1 Å². The third-order valence-electron chi connectivity index (χ3n) is 4.70. The molecule has 1 aromatic heterocycles. The van der Waals surface area contributed by atoms with E-state index < -0.39 is 0 Å². The number of morpholine rings is 1. The van der Waals surface area contributed by atoms with Gasteiger partial charge in [-0.3, -0.25) is 4.79 Å². The molecule has 2 aliphatic heterocycles. The number of rotatable bonds is 4. The van der Waals surface area contributed by atoms with Crippen LogP contribution in [0.2, 0.25) is 0 Å². The van der Waals surface area contributed by atoms with Gasteiger partial charge in [0.1, 0.15) is 5.82 Å². The number of halogens is 2. The summed E-state index contributed by atoms with van der Waals surface area (Å²) in [6.45, 7) is 5.21. The van der Waals surface area contributed by atoms with Crippen LogP contribution in [0, 0.1) is 0 Å². The van der Waals surface area contributed by atoms with Crippen LogP contribution in [0.1, 0.15) is 27.0 Å². The Morgan fingerprint density at radius 3 is 2.74 bits per heavy atom. The van der Waals surface area contributed by atoms with Crippen LogP contribution in [0.4, 0.5) is 5.82 Å². The molecule has 0 saturated carbocycles. The zero-order valence-electron chi connectivity index (χ0n) is 14.9. The van der Waals surface area contributed by atoms with Gasteiger partial charge in [-0.2, -0.15) is 0 Å². The molecule has 1 fully saturated rings. The molecule has 1 amide bonds. The highest BCUT2D eigenvalue weighted by molar-refractivity contribution is 5.98. The summed E-state index contributed by atoms with van der Waals surface area (Å²) in [4.78, 5) is 19.2. The first kappa shape index (κ1) is 21.4. The van der Waals surface area contributed by atoms with E-state index in [0.29, 0.717) is 25.3 Å². The second kappa shape index (κ2) is 9.90. The summed E-state index contributed by atoms with van der Waals surface area (Å²) in [6.07, 6.45) is 1.73. The van der Waals surface area contributed by atoms with Crippen molar-refractivity contribution >= 4 is 36.5 Å². The predicted octanol–water partition coefficient (Wildman–Crippen LogP) is 2.29. The number of pyridine rings is 1. The summed E-state index contributed by atoms with van der Waals surface area (Å²) in [7, 11) is 0. The molecule has 8 heteroatoms. The van der Waals surface area contributed by atoms with E-state index >= 15 is 0 Å². The van der Waals surface area contributed by atoms with Crippen molar-refractivity contribution in [2.45, 2.75) is 19.6 Å². The maximum Gasteiger partial charge on any atom is 0.255 e.